The molecule has 0 spiro atoms. The summed E-state index contributed by atoms with van der Waals surface area (Å²) in [5.74, 6) is 0. The number of rotatable bonds is 4. The number of nitrogens with one attached hydrogen (secondary N) is 1. The maximum Gasteiger partial charge on any atom is 0.0991 e. The maximum absolute atomic E-state index is 8.97. The summed E-state index contributed by atoms with van der Waals surface area (Å²) in [7, 11) is 0. The van der Waals surface area contributed by atoms with Crippen LogP contribution in [-0.4, -0.2) is 0 Å². The van der Waals surface area contributed by atoms with Gasteiger partial charge in [0.05, 0.1) is 11.6 Å². The fourth-order valence-corrected chi connectivity index (χ4v) is 2.51. The Morgan fingerprint density at radius 1 is 1.00 bits per heavy atom. The van der Waals surface area contributed by atoms with Crippen molar-refractivity contribution in [2.24, 2.45) is 0 Å². The van der Waals surface area contributed by atoms with Gasteiger partial charge in [0.2, 0.25) is 0 Å². The van der Waals surface area contributed by atoms with Crippen LogP contribution in [0.3, 0.4) is 0 Å². The normalized spacial score (nSPS) is 13.5. The fraction of sp³-hybridized carbons (Fsp3) is 0.278. The third-order valence-corrected chi connectivity index (χ3v) is 3.67. The monoisotopic (exact) mass is 264 g/mol. The molecule has 0 bridgehead atoms. The van der Waals surface area contributed by atoms with E-state index in [1.54, 1.807) is 0 Å². The van der Waals surface area contributed by atoms with Gasteiger partial charge in [-0.05, 0) is 49.6 Å². The van der Waals surface area contributed by atoms with Crippen LogP contribution in [0.25, 0.3) is 0 Å². The van der Waals surface area contributed by atoms with Crippen molar-refractivity contribution in [1.29, 1.82) is 5.26 Å². The van der Waals surface area contributed by atoms with Gasteiger partial charge in [0.25, 0.3) is 0 Å². The van der Waals surface area contributed by atoms with Crippen molar-refractivity contribution in [2.75, 3.05) is 0 Å². The Morgan fingerprint density at radius 2 is 1.75 bits per heavy atom. The summed E-state index contributed by atoms with van der Waals surface area (Å²) in [6.07, 6.45) is 0. The van der Waals surface area contributed by atoms with Crippen molar-refractivity contribution in [3.8, 4) is 6.07 Å². The van der Waals surface area contributed by atoms with Crippen LogP contribution in [0.4, 0.5) is 0 Å². The van der Waals surface area contributed by atoms with Gasteiger partial charge in [-0.25, -0.2) is 0 Å². The molecule has 0 radical (unpaired) electrons. The largest absolute Gasteiger partial charge is 0.304 e. The van der Waals surface area contributed by atoms with E-state index >= 15 is 0 Å². The zero-order chi connectivity index (χ0) is 14.5. The summed E-state index contributed by atoms with van der Waals surface area (Å²) in [4.78, 5) is 0. The first-order valence-electron chi connectivity index (χ1n) is 6.93. The van der Waals surface area contributed by atoms with Crippen molar-refractivity contribution in [1.82, 2.24) is 5.32 Å². The molecule has 2 aromatic rings. The standard InChI is InChI=1S/C18H20N2/c1-13-7-4-5-10-18(13)15(3)20-14(2)17-9-6-8-16(11-17)12-19/h4-11,14-15,20H,1-3H3. The summed E-state index contributed by atoms with van der Waals surface area (Å²) in [5.41, 5.74) is 4.46. The van der Waals surface area contributed by atoms with E-state index in [0.717, 1.165) is 5.56 Å². The van der Waals surface area contributed by atoms with E-state index in [4.69, 9.17) is 5.26 Å². The van der Waals surface area contributed by atoms with Gasteiger partial charge in [-0.3, -0.25) is 0 Å². The van der Waals surface area contributed by atoms with Crippen LogP contribution in [0, 0.1) is 18.3 Å². The quantitative estimate of drug-likeness (QED) is 0.894. The Hall–Kier alpha value is -2.11. The third-order valence-electron chi connectivity index (χ3n) is 3.67. The van der Waals surface area contributed by atoms with Gasteiger partial charge in [-0.2, -0.15) is 5.26 Å². The maximum atomic E-state index is 8.97. The van der Waals surface area contributed by atoms with E-state index in [0.29, 0.717) is 5.56 Å². The van der Waals surface area contributed by atoms with E-state index in [2.05, 4.69) is 62.5 Å². The molecular formula is C18H20N2. The van der Waals surface area contributed by atoms with Gasteiger partial charge >= 0.3 is 0 Å². The first kappa shape index (κ1) is 14.3. The van der Waals surface area contributed by atoms with Gasteiger partial charge < -0.3 is 5.32 Å². The van der Waals surface area contributed by atoms with E-state index in [1.807, 2.05) is 18.2 Å². The Kier molecular flexibility index (Phi) is 4.55. The van der Waals surface area contributed by atoms with Crippen LogP contribution < -0.4 is 5.32 Å². The third kappa shape index (κ3) is 3.26. The van der Waals surface area contributed by atoms with Crippen molar-refractivity contribution < 1.29 is 0 Å². The van der Waals surface area contributed by atoms with Crippen LogP contribution in [0.15, 0.2) is 48.5 Å². The molecule has 0 fully saturated rings. The fourth-order valence-electron chi connectivity index (χ4n) is 2.51. The average molecular weight is 264 g/mol. The van der Waals surface area contributed by atoms with E-state index in [-0.39, 0.29) is 12.1 Å². The number of benzene rings is 2. The minimum absolute atomic E-state index is 0.206. The smallest absolute Gasteiger partial charge is 0.0991 e. The minimum Gasteiger partial charge on any atom is -0.304 e. The first-order valence-corrected chi connectivity index (χ1v) is 6.93. The molecule has 20 heavy (non-hydrogen) atoms. The van der Waals surface area contributed by atoms with Crippen LogP contribution >= 0.6 is 0 Å². The van der Waals surface area contributed by atoms with Crippen LogP contribution in [-0.2, 0) is 0 Å². The molecule has 1 N–H and O–H groups in total. The van der Waals surface area contributed by atoms with E-state index in [9.17, 15) is 0 Å². The number of nitriles is 1. The molecule has 0 aromatic heterocycles. The second kappa shape index (κ2) is 6.36. The van der Waals surface area contributed by atoms with Gasteiger partial charge in [-0.1, -0.05) is 36.4 Å². The van der Waals surface area contributed by atoms with Crippen molar-refractivity contribution in [2.45, 2.75) is 32.9 Å². The van der Waals surface area contributed by atoms with Gasteiger partial charge in [0.1, 0.15) is 0 Å². The Morgan fingerprint density at radius 3 is 2.45 bits per heavy atom. The zero-order valence-corrected chi connectivity index (χ0v) is 12.2. The van der Waals surface area contributed by atoms with Crippen molar-refractivity contribution in [3.05, 3.63) is 70.8 Å². The number of hydrogen-bond acceptors (Lipinski definition) is 2. The lowest BCUT2D eigenvalue weighted by molar-refractivity contribution is 0.493. The predicted octanol–water partition coefficient (Wildman–Crippen LogP) is 4.28. The summed E-state index contributed by atoms with van der Waals surface area (Å²) in [5, 5.41) is 12.6. The summed E-state index contributed by atoms with van der Waals surface area (Å²) >= 11 is 0. The predicted molar refractivity (Wildman–Crippen MR) is 82.3 cm³/mol. The molecule has 2 unspecified atom stereocenters. The second-order valence-electron chi connectivity index (χ2n) is 5.20. The molecule has 2 aromatic carbocycles. The van der Waals surface area contributed by atoms with E-state index in [1.165, 1.54) is 11.1 Å². The van der Waals surface area contributed by atoms with E-state index < -0.39 is 0 Å². The highest BCUT2D eigenvalue weighted by molar-refractivity contribution is 5.34. The first-order chi connectivity index (χ1) is 9.61. The number of hydrogen-bond donors (Lipinski definition) is 1. The summed E-state index contributed by atoms with van der Waals surface area (Å²) < 4.78 is 0. The molecule has 0 amide bonds. The molecule has 102 valence electrons. The lowest BCUT2D eigenvalue weighted by atomic mass is 10.00. The van der Waals surface area contributed by atoms with Crippen LogP contribution in [0.2, 0.25) is 0 Å². The molecule has 0 heterocycles. The highest BCUT2D eigenvalue weighted by Gasteiger charge is 2.12. The molecule has 0 aliphatic carbocycles. The minimum atomic E-state index is 0.206. The van der Waals surface area contributed by atoms with Gasteiger partial charge in [-0.15, -0.1) is 0 Å². The highest BCUT2D eigenvalue weighted by atomic mass is 14.9. The molecule has 0 saturated carbocycles. The molecule has 0 aliphatic heterocycles. The Balaban J connectivity index is 2.13. The topological polar surface area (TPSA) is 35.8 Å². The average Bonchev–Trinajstić information content (AvgIpc) is 2.47. The van der Waals surface area contributed by atoms with Crippen LogP contribution in [0.1, 0.15) is 48.2 Å². The number of aryl methyl sites for hydroxylation is 1. The highest BCUT2D eigenvalue weighted by Crippen LogP contribution is 2.22. The summed E-state index contributed by atoms with van der Waals surface area (Å²) in [6, 6.07) is 18.9. The second-order valence-corrected chi connectivity index (χ2v) is 5.20. The zero-order valence-electron chi connectivity index (χ0n) is 12.2. The lowest BCUT2D eigenvalue weighted by Gasteiger charge is -2.22. The van der Waals surface area contributed by atoms with Crippen LogP contribution in [0.5, 0.6) is 0 Å². The molecule has 0 aliphatic rings. The Labute approximate surface area is 121 Å². The molecule has 2 atom stereocenters. The van der Waals surface area contributed by atoms with Gasteiger partial charge in [0, 0.05) is 12.1 Å². The molecular weight excluding hydrogens is 244 g/mol. The van der Waals surface area contributed by atoms with Crippen molar-refractivity contribution in [3.63, 3.8) is 0 Å². The Bertz CT molecular complexity index is 625. The number of nitrogens with zero attached hydrogens (tertiary/aromatic N) is 1. The molecule has 2 nitrogen and oxygen atoms in total. The summed E-state index contributed by atoms with van der Waals surface area (Å²) in [6.45, 7) is 6.44. The molecule has 0 saturated heterocycles. The van der Waals surface area contributed by atoms with Crippen molar-refractivity contribution >= 4 is 0 Å². The van der Waals surface area contributed by atoms with Gasteiger partial charge in [0.15, 0.2) is 0 Å². The SMILES string of the molecule is Cc1ccccc1C(C)NC(C)c1cccc(C#N)c1. The molecule has 2 rings (SSSR count). The molecule has 2 heteroatoms. The lowest BCUT2D eigenvalue weighted by Crippen LogP contribution is -2.23.